The number of aliphatic carboxylic acids is 1. The first kappa shape index (κ1) is 20.9. The highest BCUT2D eigenvalue weighted by atomic mass is 19.1. The third-order valence-corrected chi connectivity index (χ3v) is 4.59. The molecule has 0 saturated carbocycles. The van der Waals surface area contributed by atoms with E-state index in [1.807, 2.05) is 12.1 Å². The first-order chi connectivity index (χ1) is 13.0. The highest BCUT2D eigenvalue weighted by Gasteiger charge is 2.18. The maximum atomic E-state index is 12.9. The molecular formula is C22H28FNO3. The molecule has 0 aliphatic carbocycles. The van der Waals surface area contributed by atoms with E-state index < -0.39 is 12.0 Å². The summed E-state index contributed by atoms with van der Waals surface area (Å²) in [6.45, 7) is 0.413. The molecule has 0 amide bonds. The van der Waals surface area contributed by atoms with Crippen molar-refractivity contribution in [2.24, 2.45) is 0 Å². The zero-order chi connectivity index (χ0) is 19.6. The Morgan fingerprint density at radius 3 is 2.22 bits per heavy atom. The molecular weight excluding hydrogens is 345 g/mol. The van der Waals surface area contributed by atoms with Crippen LogP contribution in [-0.2, 0) is 17.8 Å². The fourth-order valence-electron chi connectivity index (χ4n) is 2.95. The van der Waals surface area contributed by atoms with Crippen LogP contribution in [0.3, 0.4) is 0 Å². The van der Waals surface area contributed by atoms with E-state index in [0.717, 1.165) is 37.0 Å². The molecule has 0 saturated heterocycles. The van der Waals surface area contributed by atoms with Gasteiger partial charge in [-0.1, -0.05) is 37.1 Å². The van der Waals surface area contributed by atoms with E-state index >= 15 is 0 Å². The summed E-state index contributed by atoms with van der Waals surface area (Å²) < 4.78 is 18.6. The zero-order valence-corrected chi connectivity index (χ0v) is 16.0. The fourth-order valence-corrected chi connectivity index (χ4v) is 2.95. The number of carbonyl (C=O) groups is 1. The summed E-state index contributed by atoms with van der Waals surface area (Å²) in [5.74, 6) is -0.210. The van der Waals surface area contributed by atoms with Gasteiger partial charge < -0.3 is 9.84 Å². The Morgan fingerprint density at radius 2 is 1.63 bits per heavy atom. The second-order valence-electron chi connectivity index (χ2n) is 6.98. The predicted molar refractivity (Wildman–Crippen MR) is 104 cm³/mol. The number of likely N-dealkylation sites (N-methyl/N-ethyl adjacent to an activating group) is 1. The monoisotopic (exact) mass is 373 g/mol. The number of ether oxygens (including phenoxy) is 1. The molecule has 27 heavy (non-hydrogen) atoms. The number of nitrogens with zero attached hydrogens (tertiary/aromatic N) is 1. The van der Waals surface area contributed by atoms with Crippen molar-refractivity contribution < 1.29 is 19.0 Å². The molecule has 0 heterocycles. The minimum Gasteiger partial charge on any atom is -0.489 e. The summed E-state index contributed by atoms with van der Waals surface area (Å²) in [7, 11) is 3.61. The van der Waals surface area contributed by atoms with E-state index in [1.54, 1.807) is 31.1 Å². The van der Waals surface area contributed by atoms with Crippen LogP contribution in [0.25, 0.3) is 0 Å². The van der Waals surface area contributed by atoms with Gasteiger partial charge >= 0.3 is 5.97 Å². The van der Waals surface area contributed by atoms with Gasteiger partial charge in [0, 0.05) is 0 Å². The highest BCUT2D eigenvalue weighted by Crippen LogP contribution is 2.17. The number of benzene rings is 2. The summed E-state index contributed by atoms with van der Waals surface area (Å²) in [4.78, 5) is 12.9. The average Bonchev–Trinajstić information content (AvgIpc) is 2.64. The zero-order valence-electron chi connectivity index (χ0n) is 16.0. The Hall–Kier alpha value is -2.40. The molecule has 0 spiro atoms. The van der Waals surface area contributed by atoms with Crippen LogP contribution in [0.5, 0.6) is 5.75 Å². The predicted octanol–water partition coefficient (Wildman–Crippen LogP) is 4.52. The lowest BCUT2D eigenvalue weighted by atomic mass is 10.0. The summed E-state index contributed by atoms with van der Waals surface area (Å²) in [5.41, 5.74) is 2.17. The number of aryl methyl sites for hydroxylation is 1. The maximum Gasteiger partial charge on any atom is 0.320 e. The molecule has 146 valence electrons. The Balaban J connectivity index is 1.68. The largest absolute Gasteiger partial charge is 0.489 e. The first-order valence-electron chi connectivity index (χ1n) is 9.31. The summed E-state index contributed by atoms with van der Waals surface area (Å²) in [6, 6.07) is 13.9. The van der Waals surface area contributed by atoms with Gasteiger partial charge in [0.1, 0.15) is 24.2 Å². The van der Waals surface area contributed by atoms with Crippen molar-refractivity contribution in [3.05, 3.63) is 65.5 Å². The molecule has 1 N–H and O–H groups in total. The number of hydrogen-bond donors (Lipinski definition) is 1. The normalized spacial score (nSPS) is 12.1. The number of carboxylic acid groups (broad SMARTS) is 1. The van der Waals surface area contributed by atoms with Gasteiger partial charge in [-0.05, 0) is 68.8 Å². The van der Waals surface area contributed by atoms with E-state index in [2.05, 4.69) is 12.1 Å². The molecule has 0 bridgehead atoms. The van der Waals surface area contributed by atoms with E-state index in [0.29, 0.717) is 13.0 Å². The summed E-state index contributed by atoms with van der Waals surface area (Å²) >= 11 is 0. The van der Waals surface area contributed by atoms with Gasteiger partial charge in [-0.15, -0.1) is 0 Å². The van der Waals surface area contributed by atoms with E-state index in [4.69, 9.17) is 9.84 Å². The van der Waals surface area contributed by atoms with Gasteiger partial charge in [0.05, 0.1) is 0 Å². The number of rotatable bonds is 11. The van der Waals surface area contributed by atoms with Crippen molar-refractivity contribution >= 4 is 5.97 Å². The smallest absolute Gasteiger partial charge is 0.320 e. The van der Waals surface area contributed by atoms with Crippen LogP contribution in [0.2, 0.25) is 0 Å². The van der Waals surface area contributed by atoms with Crippen LogP contribution in [0.1, 0.15) is 36.8 Å². The van der Waals surface area contributed by atoms with Crippen LogP contribution in [-0.4, -0.2) is 36.1 Å². The van der Waals surface area contributed by atoms with Crippen LogP contribution in [0.4, 0.5) is 4.39 Å². The van der Waals surface area contributed by atoms with Crippen molar-refractivity contribution in [3.63, 3.8) is 0 Å². The summed E-state index contributed by atoms with van der Waals surface area (Å²) in [6.07, 6.45) is 4.61. The second-order valence-corrected chi connectivity index (χ2v) is 6.98. The van der Waals surface area contributed by atoms with E-state index in [9.17, 15) is 9.18 Å². The van der Waals surface area contributed by atoms with E-state index in [1.165, 1.54) is 17.7 Å². The number of halogens is 1. The molecule has 0 aromatic heterocycles. The quantitative estimate of drug-likeness (QED) is 0.588. The molecule has 2 rings (SSSR count). The first-order valence-corrected chi connectivity index (χ1v) is 9.31. The van der Waals surface area contributed by atoms with Gasteiger partial charge in [-0.2, -0.15) is 0 Å². The number of unbranched alkanes of at least 4 members (excludes halogenated alkanes) is 2. The van der Waals surface area contributed by atoms with Gasteiger partial charge in [-0.3, -0.25) is 9.69 Å². The Bertz CT molecular complexity index is 699. The van der Waals surface area contributed by atoms with Gasteiger partial charge in [0.25, 0.3) is 0 Å². The number of carboxylic acids is 1. The average molecular weight is 373 g/mol. The van der Waals surface area contributed by atoms with Gasteiger partial charge in [0.2, 0.25) is 0 Å². The van der Waals surface area contributed by atoms with Crippen molar-refractivity contribution in [2.75, 3.05) is 14.1 Å². The fraction of sp³-hybridized carbons (Fsp3) is 0.409. The molecule has 0 radical (unpaired) electrons. The maximum absolute atomic E-state index is 12.9. The lowest BCUT2D eigenvalue weighted by molar-refractivity contribution is -0.142. The molecule has 2 aromatic rings. The van der Waals surface area contributed by atoms with Crippen LogP contribution < -0.4 is 4.74 Å². The van der Waals surface area contributed by atoms with Crippen LogP contribution in [0.15, 0.2) is 48.5 Å². The molecule has 4 nitrogen and oxygen atoms in total. The highest BCUT2D eigenvalue weighted by molar-refractivity contribution is 5.73. The third kappa shape index (κ3) is 7.39. The van der Waals surface area contributed by atoms with Crippen molar-refractivity contribution in [3.8, 4) is 5.75 Å². The molecule has 0 aliphatic heterocycles. The minimum absolute atomic E-state index is 0.247. The molecule has 5 heteroatoms. The van der Waals surface area contributed by atoms with Gasteiger partial charge in [-0.25, -0.2) is 4.39 Å². The van der Waals surface area contributed by atoms with E-state index in [-0.39, 0.29) is 5.82 Å². The Labute approximate surface area is 160 Å². The molecule has 0 fully saturated rings. The number of hydrogen-bond acceptors (Lipinski definition) is 3. The topological polar surface area (TPSA) is 49.8 Å². The lowest BCUT2D eigenvalue weighted by Gasteiger charge is -2.19. The van der Waals surface area contributed by atoms with Crippen molar-refractivity contribution in [1.29, 1.82) is 0 Å². The molecule has 2 aromatic carbocycles. The molecule has 0 aliphatic rings. The van der Waals surface area contributed by atoms with Crippen molar-refractivity contribution in [1.82, 2.24) is 4.90 Å². The SMILES string of the molecule is CN(C)C(CCCCCc1ccc(OCc2ccc(F)cc2)cc1)C(=O)O. The van der Waals surface area contributed by atoms with Crippen LogP contribution in [0, 0.1) is 5.82 Å². The Kier molecular flexibility index (Phi) is 8.27. The van der Waals surface area contributed by atoms with Gasteiger partial charge in [0.15, 0.2) is 0 Å². The Morgan fingerprint density at radius 1 is 1.00 bits per heavy atom. The second kappa shape index (κ2) is 10.7. The third-order valence-electron chi connectivity index (χ3n) is 4.59. The standard InChI is InChI=1S/C22H28FNO3/c1-24(2)21(22(25)26)7-5-3-4-6-17-10-14-20(15-11-17)27-16-18-8-12-19(23)13-9-18/h8-15,21H,3-7,16H2,1-2H3,(H,25,26). The van der Waals surface area contributed by atoms with Crippen LogP contribution >= 0.6 is 0 Å². The minimum atomic E-state index is -0.753. The molecule has 1 unspecified atom stereocenters. The molecule has 1 atom stereocenters. The lowest BCUT2D eigenvalue weighted by Crippen LogP contribution is -2.35. The van der Waals surface area contributed by atoms with Crippen molar-refractivity contribution in [2.45, 2.75) is 44.8 Å². The summed E-state index contributed by atoms with van der Waals surface area (Å²) in [5, 5.41) is 9.16.